The van der Waals surface area contributed by atoms with E-state index < -0.39 is 0 Å². The van der Waals surface area contributed by atoms with Gasteiger partial charge in [0.05, 0.1) is 13.0 Å². The third-order valence-corrected chi connectivity index (χ3v) is 5.29. The molecule has 0 aliphatic rings. The quantitative estimate of drug-likeness (QED) is 0.429. The predicted octanol–water partition coefficient (Wildman–Crippen LogP) is 5.51. The van der Waals surface area contributed by atoms with Crippen molar-refractivity contribution >= 4 is 27.5 Å². The van der Waals surface area contributed by atoms with Gasteiger partial charge in [-0.25, -0.2) is 0 Å². The Kier molecular flexibility index (Phi) is 4.74. The van der Waals surface area contributed by atoms with Crippen LogP contribution in [0.15, 0.2) is 95.5 Å². The zero-order valence-electron chi connectivity index (χ0n) is 16.3. The zero-order chi connectivity index (χ0) is 20.3. The summed E-state index contributed by atoms with van der Waals surface area (Å²) in [4.78, 5) is 12.5. The molecule has 146 valence electrons. The predicted molar refractivity (Wildman–Crippen MR) is 119 cm³/mol. The van der Waals surface area contributed by atoms with Crippen molar-refractivity contribution in [2.45, 2.75) is 13.0 Å². The third kappa shape index (κ3) is 3.67. The van der Waals surface area contributed by atoms with Crippen LogP contribution in [0.4, 0.5) is 0 Å². The van der Waals surface area contributed by atoms with Crippen molar-refractivity contribution in [3.05, 3.63) is 102 Å². The lowest BCUT2D eigenvalue weighted by atomic mass is 10.0. The number of carbonyl (C=O) groups excluding carboxylic acids is 1. The molecule has 0 saturated heterocycles. The molecule has 4 heteroatoms. The molecule has 1 N–H and O–H groups in total. The fraction of sp³-hybridized carbons (Fsp3) is 0.0769. The van der Waals surface area contributed by atoms with E-state index in [9.17, 15) is 4.79 Å². The lowest BCUT2D eigenvalue weighted by Gasteiger charge is -2.07. The largest absolute Gasteiger partial charge is 0.356 e. The molecular formula is C26H20N2O2. The fourth-order valence-electron chi connectivity index (χ4n) is 3.75. The summed E-state index contributed by atoms with van der Waals surface area (Å²) >= 11 is 0. The Bertz CT molecular complexity index is 1350. The van der Waals surface area contributed by atoms with Gasteiger partial charge >= 0.3 is 0 Å². The van der Waals surface area contributed by atoms with Gasteiger partial charge in [0.1, 0.15) is 5.69 Å². The molecule has 4 aromatic carbocycles. The lowest BCUT2D eigenvalue weighted by Crippen LogP contribution is -2.24. The number of amides is 1. The molecular weight excluding hydrogens is 372 g/mol. The van der Waals surface area contributed by atoms with E-state index in [2.05, 4.69) is 46.9 Å². The highest BCUT2D eigenvalue weighted by atomic mass is 16.5. The van der Waals surface area contributed by atoms with Gasteiger partial charge in [-0.3, -0.25) is 4.79 Å². The summed E-state index contributed by atoms with van der Waals surface area (Å²) < 4.78 is 5.51. The standard InChI is InChI=1S/C26H20N2O2/c29-26(15-21-10-5-9-19-7-3-4-11-24(19)21)27-17-23-16-25(30-28-23)22-13-12-18-6-1-2-8-20(18)14-22/h1-14,16H,15,17H2,(H,27,29). The number of nitrogens with zero attached hydrogens (tertiary/aromatic N) is 1. The Balaban J connectivity index is 1.26. The van der Waals surface area contributed by atoms with Crippen molar-refractivity contribution < 1.29 is 9.32 Å². The van der Waals surface area contributed by atoms with E-state index in [-0.39, 0.29) is 5.91 Å². The van der Waals surface area contributed by atoms with Crippen LogP contribution >= 0.6 is 0 Å². The number of aromatic nitrogens is 1. The monoisotopic (exact) mass is 392 g/mol. The second-order valence-electron chi connectivity index (χ2n) is 7.34. The number of benzene rings is 4. The van der Waals surface area contributed by atoms with Crippen molar-refractivity contribution in [3.63, 3.8) is 0 Å². The Hall–Kier alpha value is -3.92. The third-order valence-electron chi connectivity index (χ3n) is 5.29. The van der Waals surface area contributed by atoms with Crippen LogP contribution in [0.25, 0.3) is 32.9 Å². The van der Waals surface area contributed by atoms with Crippen LogP contribution in [0.5, 0.6) is 0 Å². The minimum atomic E-state index is -0.0402. The minimum absolute atomic E-state index is 0.0402. The SMILES string of the molecule is O=C(Cc1cccc2ccccc12)NCc1cc(-c2ccc3ccccc3c2)on1. The zero-order valence-corrected chi connectivity index (χ0v) is 16.3. The minimum Gasteiger partial charge on any atom is -0.356 e. The first kappa shape index (κ1) is 18.1. The van der Waals surface area contributed by atoms with Crippen LogP contribution in [0.3, 0.4) is 0 Å². The van der Waals surface area contributed by atoms with E-state index in [1.807, 2.05) is 54.6 Å². The fourth-order valence-corrected chi connectivity index (χ4v) is 3.75. The molecule has 0 unspecified atom stereocenters. The summed E-state index contributed by atoms with van der Waals surface area (Å²) in [7, 11) is 0. The molecule has 0 spiro atoms. The van der Waals surface area contributed by atoms with Crippen LogP contribution in [-0.2, 0) is 17.8 Å². The van der Waals surface area contributed by atoms with Gasteiger partial charge in [-0.15, -0.1) is 0 Å². The molecule has 1 amide bonds. The first-order valence-electron chi connectivity index (χ1n) is 9.94. The molecule has 5 aromatic rings. The van der Waals surface area contributed by atoms with Crippen molar-refractivity contribution in [1.82, 2.24) is 10.5 Å². The molecule has 1 aromatic heterocycles. The molecule has 0 bridgehead atoms. The number of hydrogen-bond donors (Lipinski definition) is 1. The summed E-state index contributed by atoms with van der Waals surface area (Å²) in [5.74, 6) is 0.653. The molecule has 1 heterocycles. The maximum atomic E-state index is 12.5. The van der Waals surface area contributed by atoms with Crippen LogP contribution in [0.1, 0.15) is 11.3 Å². The summed E-state index contributed by atoms with van der Waals surface area (Å²) in [6.45, 7) is 0.334. The maximum absolute atomic E-state index is 12.5. The van der Waals surface area contributed by atoms with Crippen LogP contribution in [0.2, 0.25) is 0 Å². The summed E-state index contributed by atoms with van der Waals surface area (Å²) in [5.41, 5.74) is 2.68. The van der Waals surface area contributed by atoms with Gasteiger partial charge < -0.3 is 9.84 Å². The number of fused-ring (bicyclic) bond motifs is 2. The molecule has 0 saturated carbocycles. The van der Waals surface area contributed by atoms with E-state index >= 15 is 0 Å². The maximum Gasteiger partial charge on any atom is 0.224 e. The highest BCUT2D eigenvalue weighted by molar-refractivity contribution is 5.90. The van der Waals surface area contributed by atoms with E-state index in [4.69, 9.17) is 4.52 Å². The molecule has 0 aliphatic carbocycles. The second kappa shape index (κ2) is 7.84. The number of carbonyl (C=O) groups is 1. The van der Waals surface area contributed by atoms with Crippen LogP contribution < -0.4 is 5.32 Å². The van der Waals surface area contributed by atoms with E-state index in [0.29, 0.717) is 24.4 Å². The topological polar surface area (TPSA) is 55.1 Å². The van der Waals surface area contributed by atoms with E-state index in [1.54, 1.807) is 0 Å². The van der Waals surface area contributed by atoms with Gasteiger partial charge in [0.2, 0.25) is 5.91 Å². The van der Waals surface area contributed by atoms with Crippen molar-refractivity contribution in [2.75, 3.05) is 0 Å². The molecule has 0 radical (unpaired) electrons. The molecule has 5 rings (SSSR count). The molecule has 0 aliphatic heterocycles. The highest BCUT2D eigenvalue weighted by Gasteiger charge is 2.10. The number of nitrogens with one attached hydrogen (secondary N) is 1. The average Bonchev–Trinajstić information content (AvgIpc) is 3.27. The summed E-state index contributed by atoms with van der Waals surface area (Å²) in [6.07, 6.45) is 0.330. The molecule has 30 heavy (non-hydrogen) atoms. The highest BCUT2D eigenvalue weighted by Crippen LogP contribution is 2.25. The van der Waals surface area contributed by atoms with Crippen molar-refractivity contribution in [3.8, 4) is 11.3 Å². The Morgan fingerprint density at radius 3 is 2.47 bits per heavy atom. The van der Waals surface area contributed by atoms with E-state index in [0.717, 1.165) is 27.3 Å². The lowest BCUT2D eigenvalue weighted by molar-refractivity contribution is -0.120. The van der Waals surface area contributed by atoms with Gasteiger partial charge in [0.25, 0.3) is 0 Å². The van der Waals surface area contributed by atoms with Crippen LogP contribution in [0, 0.1) is 0 Å². The summed E-state index contributed by atoms with van der Waals surface area (Å²) in [6, 6.07) is 30.4. The van der Waals surface area contributed by atoms with Gasteiger partial charge in [-0.2, -0.15) is 0 Å². The Morgan fingerprint density at radius 1 is 0.800 bits per heavy atom. The van der Waals surface area contributed by atoms with Crippen molar-refractivity contribution in [1.29, 1.82) is 0 Å². The van der Waals surface area contributed by atoms with Gasteiger partial charge in [-0.05, 0) is 33.2 Å². The van der Waals surface area contributed by atoms with Gasteiger partial charge in [0, 0.05) is 11.6 Å². The smallest absolute Gasteiger partial charge is 0.224 e. The molecule has 0 atom stereocenters. The first-order valence-corrected chi connectivity index (χ1v) is 9.94. The van der Waals surface area contributed by atoms with Crippen molar-refractivity contribution in [2.24, 2.45) is 0 Å². The number of hydrogen-bond acceptors (Lipinski definition) is 3. The summed E-state index contributed by atoms with van der Waals surface area (Å²) in [5, 5.41) is 11.6. The Labute approximate surface area is 174 Å². The normalized spacial score (nSPS) is 11.1. The molecule has 4 nitrogen and oxygen atoms in total. The number of rotatable bonds is 5. The van der Waals surface area contributed by atoms with Crippen LogP contribution in [-0.4, -0.2) is 11.1 Å². The van der Waals surface area contributed by atoms with Gasteiger partial charge in [-0.1, -0.05) is 84.0 Å². The van der Waals surface area contributed by atoms with Gasteiger partial charge in [0.15, 0.2) is 5.76 Å². The first-order chi connectivity index (χ1) is 14.8. The second-order valence-corrected chi connectivity index (χ2v) is 7.34. The molecule has 0 fully saturated rings. The van der Waals surface area contributed by atoms with E-state index in [1.165, 1.54) is 5.39 Å². The Morgan fingerprint density at radius 2 is 1.57 bits per heavy atom. The average molecular weight is 392 g/mol.